The highest BCUT2D eigenvalue weighted by molar-refractivity contribution is 5.81. The van der Waals surface area contributed by atoms with E-state index in [2.05, 4.69) is 12.2 Å². The van der Waals surface area contributed by atoms with Crippen LogP contribution in [0.4, 0.5) is 0 Å². The molecule has 0 aliphatic carbocycles. The molecule has 19 heavy (non-hydrogen) atoms. The normalized spacial score (nSPS) is 25.1. The Morgan fingerprint density at radius 3 is 2.42 bits per heavy atom. The maximum atomic E-state index is 12.0. The molecule has 0 radical (unpaired) electrons. The van der Waals surface area contributed by atoms with Crippen molar-refractivity contribution in [2.24, 2.45) is 11.3 Å². The number of likely N-dealkylation sites (tertiary alicyclic amines) is 1. The Hall–Kier alpha value is -1.10. The lowest BCUT2D eigenvalue weighted by Crippen LogP contribution is -2.53. The van der Waals surface area contributed by atoms with E-state index in [1.807, 2.05) is 25.7 Å². The number of aliphatic carboxylic acids is 1. The molecule has 0 aromatic rings. The van der Waals surface area contributed by atoms with Crippen LogP contribution >= 0.6 is 0 Å². The van der Waals surface area contributed by atoms with Crippen LogP contribution < -0.4 is 5.32 Å². The minimum atomic E-state index is -0.808. The summed E-state index contributed by atoms with van der Waals surface area (Å²) in [5.41, 5.74) is -0.406. The number of carbonyl (C=O) groups excluding carboxylic acids is 1. The molecular formula is C14H26N2O3. The van der Waals surface area contributed by atoms with Crippen LogP contribution in [0.2, 0.25) is 0 Å². The summed E-state index contributed by atoms with van der Waals surface area (Å²) in [6.07, 6.45) is 1.95. The van der Waals surface area contributed by atoms with Crippen LogP contribution in [0, 0.1) is 11.3 Å². The summed E-state index contributed by atoms with van der Waals surface area (Å²) in [7, 11) is 0. The van der Waals surface area contributed by atoms with Gasteiger partial charge in [-0.05, 0) is 12.3 Å². The van der Waals surface area contributed by atoms with Crippen LogP contribution in [0.1, 0.15) is 40.5 Å². The second-order valence-corrected chi connectivity index (χ2v) is 6.52. The van der Waals surface area contributed by atoms with Crippen molar-refractivity contribution in [2.45, 2.75) is 46.6 Å². The van der Waals surface area contributed by atoms with Gasteiger partial charge in [0.15, 0.2) is 0 Å². The minimum Gasteiger partial charge on any atom is -0.480 e. The Kier molecular flexibility index (Phi) is 5.35. The van der Waals surface area contributed by atoms with Crippen LogP contribution in [0.3, 0.4) is 0 Å². The first-order valence-electron chi connectivity index (χ1n) is 6.97. The second-order valence-electron chi connectivity index (χ2n) is 6.52. The molecule has 1 saturated heterocycles. The largest absolute Gasteiger partial charge is 0.480 e. The molecule has 110 valence electrons. The Labute approximate surface area is 115 Å². The highest BCUT2D eigenvalue weighted by Crippen LogP contribution is 2.21. The Morgan fingerprint density at radius 2 is 1.95 bits per heavy atom. The van der Waals surface area contributed by atoms with Gasteiger partial charge < -0.3 is 10.4 Å². The molecule has 1 amide bonds. The van der Waals surface area contributed by atoms with Crippen molar-refractivity contribution in [1.29, 1.82) is 0 Å². The molecule has 1 heterocycles. The van der Waals surface area contributed by atoms with Crippen molar-refractivity contribution in [3.8, 4) is 0 Å². The fourth-order valence-corrected chi connectivity index (χ4v) is 2.43. The predicted molar refractivity (Wildman–Crippen MR) is 73.9 cm³/mol. The number of hydrogen-bond donors (Lipinski definition) is 2. The molecule has 1 aliphatic rings. The van der Waals surface area contributed by atoms with E-state index < -0.39 is 11.4 Å². The average Bonchev–Trinajstić information content (AvgIpc) is 2.26. The van der Waals surface area contributed by atoms with Crippen molar-refractivity contribution in [3.63, 3.8) is 0 Å². The minimum absolute atomic E-state index is 0.0320. The van der Waals surface area contributed by atoms with Crippen molar-refractivity contribution in [1.82, 2.24) is 10.2 Å². The maximum Gasteiger partial charge on any atom is 0.317 e. The molecule has 2 atom stereocenters. The van der Waals surface area contributed by atoms with E-state index in [9.17, 15) is 9.59 Å². The van der Waals surface area contributed by atoms with Gasteiger partial charge in [-0.15, -0.1) is 0 Å². The van der Waals surface area contributed by atoms with Gasteiger partial charge in [-0.3, -0.25) is 14.5 Å². The van der Waals surface area contributed by atoms with Gasteiger partial charge in [0.25, 0.3) is 0 Å². The van der Waals surface area contributed by atoms with Crippen molar-refractivity contribution in [2.75, 3.05) is 19.6 Å². The van der Waals surface area contributed by atoms with E-state index in [1.165, 1.54) is 0 Å². The summed E-state index contributed by atoms with van der Waals surface area (Å²) in [4.78, 5) is 24.8. The third kappa shape index (κ3) is 5.19. The lowest BCUT2D eigenvalue weighted by atomic mass is 9.90. The zero-order valence-electron chi connectivity index (χ0n) is 12.4. The Bertz CT molecular complexity index is 336. The van der Waals surface area contributed by atoms with Crippen LogP contribution in [-0.2, 0) is 9.59 Å². The number of carbonyl (C=O) groups is 2. The van der Waals surface area contributed by atoms with Gasteiger partial charge in [0.1, 0.15) is 0 Å². The molecule has 5 heteroatoms. The van der Waals surface area contributed by atoms with Gasteiger partial charge in [-0.1, -0.05) is 34.1 Å². The van der Waals surface area contributed by atoms with Crippen LogP contribution in [-0.4, -0.2) is 47.6 Å². The summed E-state index contributed by atoms with van der Waals surface area (Å²) in [6, 6.07) is 0.0600. The van der Waals surface area contributed by atoms with Crippen LogP contribution in [0.5, 0.6) is 0 Å². The fraction of sp³-hybridized carbons (Fsp3) is 0.857. The highest BCUT2D eigenvalue weighted by Gasteiger charge is 2.30. The van der Waals surface area contributed by atoms with Crippen molar-refractivity contribution in [3.05, 3.63) is 0 Å². The van der Waals surface area contributed by atoms with Crippen LogP contribution in [0.15, 0.2) is 0 Å². The van der Waals surface area contributed by atoms with Gasteiger partial charge in [0.2, 0.25) is 5.91 Å². The zero-order chi connectivity index (χ0) is 14.6. The fourth-order valence-electron chi connectivity index (χ4n) is 2.43. The number of carboxylic acid groups (broad SMARTS) is 1. The second kappa shape index (κ2) is 6.37. The summed E-state index contributed by atoms with van der Waals surface area (Å²) in [5.74, 6) is -0.319. The monoisotopic (exact) mass is 270 g/mol. The topological polar surface area (TPSA) is 69.6 Å². The van der Waals surface area contributed by atoms with Crippen molar-refractivity contribution < 1.29 is 14.7 Å². The molecule has 0 saturated carbocycles. The van der Waals surface area contributed by atoms with E-state index in [1.54, 1.807) is 0 Å². The summed E-state index contributed by atoms with van der Waals surface area (Å²) >= 11 is 0. The average molecular weight is 270 g/mol. The lowest BCUT2D eigenvalue weighted by Gasteiger charge is -2.38. The predicted octanol–water partition coefficient (Wildman–Crippen LogP) is 1.33. The van der Waals surface area contributed by atoms with E-state index in [4.69, 9.17) is 5.11 Å². The number of hydrogen-bond acceptors (Lipinski definition) is 3. The Morgan fingerprint density at radius 1 is 1.32 bits per heavy atom. The first-order chi connectivity index (χ1) is 8.72. The molecule has 2 unspecified atom stereocenters. The molecule has 1 aliphatic heterocycles. The number of amides is 1. The van der Waals surface area contributed by atoms with Crippen LogP contribution in [0.25, 0.3) is 0 Å². The standard InChI is InChI=1S/C14H26N2O3/c1-5-10-6-11(15-13(19)14(2,3)4)8-16(7-10)9-12(17)18/h10-11H,5-9H2,1-4H3,(H,15,19)(H,17,18). The third-order valence-electron chi connectivity index (χ3n) is 3.57. The van der Waals surface area contributed by atoms with Gasteiger partial charge in [0, 0.05) is 24.5 Å². The van der Waals surface area contributed by atoms with Gasteiger partial charge in [-0.25, -0.2) is 0 Å². The van der Waals surface area contributed by atoms with E-state index in [0.29, 0.717) is 12.5 Å². The van der Waals surface area contributed by atoms with E-state index >= 15 is 0 Å². The maximum absolute atomic E-state index is 12.0. The quantitative estimate of drug-likeness (QED) is 0.808. The van der Waals surface area contributed by atoms with Gasteiger partial charge in [-0.2, -0.15) is 0 Å². The lowest BCUT2D eigenvalue weighted by molar-refractivity contribution is -0.138. The highest BCUT2D eigenvalue weighted by atomic mass is 16.4. The SMILES string of the molecule is CCC1CC(NC(=O)C(C)(C)C)CN(CC(=O)O)C1. The molecule has 0 aromatic heterocycles. The molecule has 1 rings (SSSR count). The first kappa shape index (κ1) is 16.0. The number of rotatable bonds is 4. The summed E-state index contributed by atoms with van der Waals surface area (Å²) < 4.78 is 0. The molecule has 0 spiro atoms. The molecule has 2 N–H and O–H groups in total. The number of nitrogens with one attached hydrogen (secondary N) is 1. The molecule has 1 fully saturated rings. The molecular weight excluding hydrogens is 244 g/mol. The molecule has 5 nitrogen and oxygen atoms in total. The molecule has 0 bridgehead atoms. The Balaban J connectivity index is 2.62. The van der Waals surface area contributed by atoms with Gasteiger partial charge in [0.05, 0.1) is 6.54 Å². The number of carboxylic acids is 1. The zero-order valence-corrected chi connectivity index (χ0v) is 12.4. The number of nitrogens with zero attached hydrogens (tertiary/aromatic N) is 1. The smallest absolute Gasteiger partial charge is 0.317 e. The summed E-state index contributed by atoms with van der Waals surface area (Å²) in [6.45, 7) is 9.26. The van der Waals surface area contributed by atoms with Gasteiger partial charge >= 0.3 is 5.97 Å². The van der Waals surface area contributed by atoms with Crippen molar-refractivity contribution >= 4 is 11.9 Å². The first-order valence-corrected chi connectivity index (χ1v) is 6.97. The third-order valence-corrected chi connectivity index (χ3v) is 3.57. The van der Waals surface area contributed by atoms with E-state index in [-0.39, 0.29) is 18.5 Å². The molecule has 0 aromatic carbocycles. The number of piperidine rings is 1. The summed E-state index contributed by atoms with van der Waals surface area (Å²) in [5, 5.41) is 11.9. The van der Waals surface area contributed by atoms with E-state index in [0.717, 1.165) is 19.4 Å².